The van der Waals surface area contributed by atoms with Crippen LogP contribution in [0.25, 0.3) is 16.9 Å². The van der Waals surface area contributed by atoms with Crippen molar-refractivity contribution >= 4 is 46.4 Å². The van der Waals surface area contributed by atoms with Crippen LogP contribution in [0.2, 0.25) is 5.02 Å². The molecule has 1 saturated heterocycles. The van der Waals surface area contributed by atoms with Crippen molar-refractivity contribution in [2.75, 3.05) is 25.0 Å². The van der Waals surface area contributed by atoms with Gasteiger partial charge in [0.25, 0.3) is 0 Å². The Labute approximate surface area is 224 Å². The normalized spacial score (nSPS) is 16.9. The Hall–Kier alpha value is -2.88. The lowest BCUT2D eigenvalue weighted by Crippen LogP contribution is -2.41. The first kappa shape index (κ1) is 25.8. The third kappa shape index (κ3) is 5.26. The van der Waals surface area contributed by atoms with Crippen LogP contribution in [-0.4, -0.2) is 54.8 Å². The van der Waals surface area contributed by atoms with Crippen molar-refractivity contribution in [1.82, 2.24) is 18.9 Å². The van der Waals surface area contributed by atoms with Crippen molar-refractivity contribution in [1.29, 1.82) is 0 Å². The van der Waals surface area contributed by atoms with Crippen LogP contribution in [0.15, 0.2) is 65.7 Å². The molecule has 5 rings (SSSR count). The number of aromatic nitrogens is 3. The summed E-state index contributed by atoms with van der Waals surface area (Å²) in [4.78, 5) is 5.16. The third-order valence-corrected chi connectivity index (χ3v) is 9.25. The first-order chi connectivity index (χ1) is 17.7. The Balaban J connectivity index is 1.35. The van der Waals surface area contributed by atoms with Crippen LogP contribution >= 0.6 is 11.6 Å². The lowest BCUT2D eigenvalue weighted by molar-refractivity contribution is 0.275. The summed E-state index contributed by atoms with van der Waals surface area (Å²) in [7, 11) is -1.56. The van der Waals surface area contributed by atoms with Crippen LogP contribution in [-0.2, 0) is 10.0 Å². The smallest absolute Gasteiger partial charge is 0.243 e. The number of nitrogens with zero attached hydrogens (tertiary/aromatic N) is 4. The van der Waals surface area contributed by atoms with E-state index in [-0.39, 0.29) is 5.92 Å². The van der Waals surface area contributed by atoms with Crippen molar-refractivity contribution in [3.05, 3.63) is 71.4 Å². The summed E-state index contributed by atoms with van der Waals surface area (Å²) in [5.41, 5.74) is 4.48. The molecule has 1 unspecified atom stereocenters. The van der Waals surface area contributed by atoms with E-state index < -0.39 is 10.0 Å². The van der Waals surface area contributed by atoms with E-state index in [1.165, 1.54) is 0 Å². The second-order valence-electron chi connectivity index (χ2n) is 10.0. The Morgan fingerprint density at radius 3 is 2.65 bits per heavy atom. The number of hydrogen-bond donors (Lipinski definition) is 1. The Morgan fingerprint density at radius 2 is 1.92 bits per heavy atom. The molecule has 2 aromatic carbocycles. The van der Waals surface area contributed by atoms with Gasteiger partial charge in [0.05, 0.1) is 10.6 Å². The van der Waals surface area contributed by atoms with Crippen LogP contribution < -0.4 is 10.8 Å². The highest BCUT2D eigenvalue weighted by Crippen LogP contribution is 2.29. The summed E-state index contributed by atoms with van der Waals surface area (Å²) in [6.45, 7) is 5.84. The zero-order chi connectivity index (χ0) is 26.2. The van der Waals surface area contributed by atoms with Crippen LogP contribution in [0.3, 0.4) is 0 Å². The van der Waals surface area contributed by atoms with Gasteiger partial charge in [-0.1, -0.05) is 55.8 Å². The highest BCUT2D eigenvalue weighted by atomic mass is 35.5. The van der Waals surface area contributed by atoms with Gasteiger partial charge in [0.15, 0.2) is 5.65 Å². The van der Waals surface area contributed by atoms with E-state index in [0.29, 0.717) is 35.5 Å². The second kappa shape index (κ2) is 10.5. The number of anilines is 1. The van der Waals surface area contributed by atoms with E-state index in [0.717, 1.165) is 46.6 Å². The molecule has 1 aliphatic heterocycles. The van der Waals surface area contributed by atoms with Crippen LogP contribution in [0, 0.1) is 5.92 Å². The molecule has 0 aliphatic carbocycles. The Morgan fingerprint density at radius 1 is 1.16 bits per heavy atom. The van der Waals surface area contributed by atoms with Gasteiger partial charge in [-0.2, -0.15) is 13.9 Å². The molecule has 0 spiro atoms. The van der Waals surface area contributed by atoms with Gasteiger partial charge in [-0.15, -0.1) is 0 Å². The lowest BCUT2D eigenvalue weighted by Gasteiger charge is -2.32. The largest absolute Gasteiger partial charge is 0.370 e. The summed E-state index contributed by atoms with van der Waals surface area (Å²) in [6, 6.07) is 16.9. The maximum Gasteiger partial charge on any atom is 0.243 e. The average Bonchev–Trinajstić information content (AvgIpc) is 3.28. The van der Waals surface area contributed by atoms with Crippen molar-refractivity contribution in [2.45, 2.75) is 37.5 Å². The number of fused-ring (bicyclic) bond motifs is 1. The zero-order valence-corrected chi connectivity index (χ0v) is 22.9. The van der Waals surface area contributed by atoms with Gasteiger partial charge in [-0.25, -0.2) is 13.4 Å². The molecule has 7 nitrogen and oxygen atoms in total. The summed E-state index contributed by atoms with van der Waals surface area (Å²) < 4.78 is 30.2. The van der Waals surface area contributed by atoms with E-state index >= 15 is 0 Å². The molecule has 10 heteroatoms. The maximum absolute atomic E-state index is 13.4. The Kier molecular flexibility index (Phi) is 7.29. The molecule has 3 heterocycles. The predicted molar refractivity (Wildman–Crippen MR) is 152 cm³/mol. The van der Waals surface area contributed by atoms with Gasteiger partial charge in [0.2, 0.25) is 10.0 Å². The molecule has 1 fully saturated rings. The van der Waals surface area contributed by atoms with Crippen LogP contribution in [0.4, 0.5) is 5.82 Å². The molecule has 2 aromatic heterocycles. The van der Waals surface area contributed by atoms with Gasteiger partial charge in [0.1, 0.15) is 13.7 Å². The third-order valence-electron chi connectivity index (χ3n) is 7.04. The molecule has 192 valence electrons. The number of nitrogens with one attached hydrogen (secondary N) is 1. The van der Waals surface area contributed by atoms with E-state index in [1.54, 1.807) is 27.2 Å². The minimum atomic E-state index is -3.54. The molecule has 1 atom stereocenters. The standard InChI is InChI=1S/C27H31BClN5O2S/c1-18(2)20-9-11-21(12-10-20)37(35,36)33-13-5-6-19(17-33)15-30-26-14-25(22-7-3-4-8-24(22)29)32-27-23(28)16-31-34(26)27/h3-4,7-12,14,16,18-19,30H,5-6,13,15,17,28H2,1-2H3. The van der Waals surface area contributed by atoms with E-state index in [9.17, 15) is 8.42 Å². The topological polar surface area (TPSA) is 79.6 Å². The quantitative estimate of drug-likeness (QED) is 0.363. The maximum atomic E-state index is 13.4. The molecule has 4 aromatic rings. The highest BCUT2D eigenvalue weighted by Gasteiger charge is 2.30. The number of halogens is 1. The minimum Gasteiger partial charge on any atom is -0.370 e. The summed E-state index contributed by atoms with van der Waals surface area (Å²) in [5.74, 6) is 1.33. The van der Waals surface area contributed by atoms with Gasteiger partial charge in [-0.3, -0.25) is 0 Å². The number of benzene rings is 2. The van der Waals surface area contributed by atoms with Crippen molar-refractivity contribution in [3.8, 4) is 11.3 Å². The zero-order valence-electron chi connectivity index (χ0n) is 21.4. The van der Waals surface area contributed by atoms with Crippen molar-refractivity contribution < 1.29 is 8.42 Å². The minimum absolute atomic E-state index is 0.169. The number of sulfonamides is 1. The fourth-order valence-electron chi connectivity index (χ4n) is 4.84. The number of rotatable bonds is 7. The average molecular weight is 536 g/mol. The molecule has 0 amide bonds. The first-order valence-electron chi connectivity index (χ1n) is 12.7. The number of hydrogen-bond acceptors (Lipinski definition) is 5. The van der Waals surface area contributed by atoms with Gasteiger partial charge < -0.3 is 5.32 Å². The molecule has 0 saturated carbocycles. The van der Waals surface area contributed by atoms with Gasteiger partial charge in [0, 0.05) is 42.5 Å². The highest BCUT2D eigenvalue weighted by molar-refractivity contribution is 7.89. The molecular formula is C27H31BClN5O2S. The fourth-order valence-corrected chi connectivity index (χ4v) is 6.63. The van der Waals surface area contributed by atoms with E-state index in [2.05, 4.69) is 24.3 Å². The van der Waals surface area contributed by atoms with Crippen LogP contribution in [0.1, 0.15) is 38.2 Å². The summed E-state index contributed by atoms with van der Waals surface area (Å²) in [6.07, 6.45) is 3.57. The predicted octanol–water partition coefficient (Wildman–Crippen LogP) is 3.94. The van der Waals surface area contributed by atoms with E-state index in [4.69, 9.17) is 16.6 Å². The molecule has 37 heavy (non-hydrogen) atoms. The molecule has 0 radical (unpaired) electrons. The van der Waals surface area contributed by atoms with E-state index in [1.807, 2.05) is 50.3 Å². The molecule has 1 N–H and O–H groups in total. The van der Waals surface area contributed by atoms with Gasteiger partial charge in [-0.05, 0) is 53.9 Å². The van der Waals surface area contributed by atoms with Crippen LogP contribution in [0.5, 0.6) is 0 Å². The first-order valence-corrected chi connectivity index (χ1v) is 14.5. The lowest BCUT2D eigenvalue weighted by atomic mass is 9.99. The van der Waals surface area contributed by atoms with Gasteiger partial charge >= 0.3 is 0 Å². The van der Waals surface area contributed by atoms with Crippen molar-refractivity contribution in [3.63, 3.8) is 0 Å². The summed E-state index contributed by atoms with van der Waals surface area (Å²) >= 11 is 6.46. The van der Waals surface area contributed by atoms with Crippen molar-refractivity contribution in [2.24, 2.45) is 5.92 Å². The Bertz CT molecular complexity index is 1520. The number of piperidine rings is 1. The SMILES string of the molecule is Bc1cnn2c(NCC3CCCN(S(=O)(=O)c4ccc(C(C)C)cc4)C3)cc(-c3ccccc3Cl)nc12. The molecular weight excluding hydrogens is 505 g/mol. The monoisotopic (exact) mass is 535 g/mol. The second-order valence-corrected chi connectivity index (χ2v) is 12.4. The molecule has 0 bridgehead atoms. The molecule has 1 aliphatic rings. The summed E-state index contributed by atoms with van der Waals surface area (Å²) in [5, 5.41) is 8.67. The fraction of sp³-hybridized carbons (Fsp3) is 0.333.